The van der Waals surface area contributed by atoms with Crippen LogP contribution < -0.4 is 10.2 Å². The number of rotatable bonds is 4. The number of benzene rings is 2. The van der Waals surface area contributed by atoms with Crippen LogP contribution in [0.25, 0.3) is 11.3 Å². The number of carbonyl (C=O) groups is 1. The lowest BCUT2D eigenvalue weighted by Crippen LogP contribution is -2.30. The van der Waals surface area contributed by atoms with Crippen LogP contribution in [0.15, 0.2) is 52.9 Å². The maximum Gasteiger partial charge on any atom is 0.291 e. The van der Waals surface area contributed by atoms with Crippen molar-refractivity contribution in [3.63, 3.8) is 0 Å². The molecule has 1 saturated heterocycles. The minimum absolute atomic E-state index is 0.0332. The van der Waals surface area contributed by atoms with Gasteiger partial charge in [-0.1, -0.05) is 11.6 Å². The predicted molar refractivity (Wildman–Crippen MR) is 110 cm³/mol. The van der Waals surface area contributed by atoms with E-state index in [0.29, 0.717) is 22.7 Å². The molecule has 0 unspecified atom stereocenters. The Morgan fingerprint density at radius 2 is 1.76 bits per heavy atom. The van der Waals surface area contributed by atoms with Gasteiger partial charge < -0.3 is 14.6 Å². The minimum Gasteiger partial charge on any atom is -0.451 e. The standard InChI is InChI=1S/C22H19ClF2N2O2/c23-16-12-14(4-6-17(16)24)20-8-9-21(29-20)22(28)26-15-5-7-19(18(25)13-15)27-10-2-1-3-11-27/h4-9,12-13H,1-3,10-11H2,(H,26,28). The van der Waals surface area contributed by atoms with Gasteiger partial charge in [0.25, 0.3) is 5.91 Å². The van der Waals surface area contributed by atoms with E-state index in [1.165, 1.54) is 36.8 Å². The van der Waals surface area contributed by atoms with Gasteiger partial charge in [0, 0.05) is 24.3 Å². The number of nitrogens with one attached hydrogen (secondary N) is 1. The summed E-state index contributed by atoms with van der Waals surface area (Å²) < 4.78 is 33.4. The van der Waals surface area contributed by atoms with E-state index in [-0.39, 0.29) is 16.6 Å². The number of anilines is 2. The largest absolute Gasteiger partial charge is 0.451 e. The zero-order valence-corrected chi connectivity index (χ0v) is 16.3. The van der Waals surface area contributed by atoms with Gasteiger partial charge in [-0.05, 0) is 67.8 Å². The maximum absolute atomic E-state index is 14.5. The van der Waals surface area contributed by atoms with Gasteiger partial charge in [-0.25, -0.2) is 8.78 Å². The van der Waals surface area contributed by atoms with Crippen LogP contribution in [0.1, 0.15) is 29.8 Å². The van der Waals surface area contributed by atoms with Gasteiger partial charge in [-0.2, -0.15) is 0 Å². The molecule has 1 N–H and O–H groups in total. The zero-order valence-electron chi connectivity index (χ0n) is 15.6. The van der Waals surface area contributed by atoms with Crippen LogP contribution in [-0.4, -0.2) is 19.0 Å². The van der Waals surface area contributed by atoms with Crippen molar-refractivity contribution in [2.45, 2.75) is 19.3 Å². The van der Waals surface area contributed by atoms with E-state index in [9.17, 15) is 13.6 Å². The third-order valence-corrected chi connectivity index (χ3v) is 5.23. The smallest absolute Gasteiger partial charge is 0.291 e. The molecule has 1 fully saturated rings. The van der Waals surface area contributed by atoms with Crippen molar-refractivity contribution in [2.24, 2.45) is 0 Å². The highest BCUT2D eigenvalue weighted by atomic mass is 35.5. The molecule has 7 heteroatoms. The van der Waals surface area contributed by atoms with Crippen molar-refractivity contribution >= 4 is 28.9 Å². The second kappa shape index (κ2) is 8.25. The van der Waals surface area contributed by atoms with Crippen LogP contribution >= 0.6 is 11.6 Å². The molecule has 3 aromatic rings. The first-order valence-corrected chi connectivity index (χ1v) is 9.80. The molecule has 0 aliphatic carbocycles. The molecule has 2 heterocycles. The van der Waals surface area contributed by atoms with E-state index in [2.05, 4.69) is 5.32 Å². The normalized spacial score (nSPS) is 14.1. The average molecular weight is 417 g/mol. The molecule has 1 aromatic heterocycles. The number of hydrogen-bond acceptors (Lipinski definition) is 3. The van der Waals surface area contributed by atoms with Crippen molar-refractivity contribution in [2.75, 3.05) is 23.3 Å². The number of piperidine rings is 1. The molecule has 0 spiro atoms. The van der Waals surface area contributed by atoms with Gasteiger partial charge in [0.15, 0.2) is 5.76 Å². The summed E-state index contributed by atoms with van der Waals surface area (Å²) in [7, 11) is 0. The molecule has 4 nitrogen and oxygen atoms in total. The number of nitrogens with zero attached hydrogens (tertiary/aromatic N) is 1. The van der Waals surface area contributed by atoms with Gasteiger partial charge >= 0.3 is 0 Å². The van der Waals surface area contributed by atoms with Crippen LogP contribution in [0.2, 0.25) is 5.02 Å². The molecular weight excluding hydrogens is 398 g/mol. The van der Waals surface area contributed by atoms with Crippen molar-refractivity contribution in [1.82, 2.24) is 0 Å². The molecule has 0 bridgehead atoms. The van der Waals surface area contributed by atoms with Crippen molar-refractivity contribution in [1.29, 1.82) is 0 Å². The van der Waals surface area contributed by atoms with E-state index in [1.807, 2.05) is 4.90 Å². The number of furan rings is 1. The third-order valence-electron chi connectivity index (χ3n) is 4.94. The van der Waals surface area contributed by atoms with E-state index in [4.69, 9.17) is 16.0 Å². The molecule has 0 atom stereocenters. The highest BCUT2D eigenvalue weighted by Gasteiger charge is 2.17. The topological polar surface area (TPSA) is 45.5 Å². The molecule has 1 aliphatic heterocycles. The first kappa shape index (κ1) is 19.5. The SMILES string of the molecule is O=C(Nc1ccc(N2CCCCC2)c(F)c1)c1ccc(-c2ccc(F)c(Cl)c2)o1. The molecule has 29 heavy (non-hydrogen) atoms. The van der Waals surface area contributed by atoms with Gasteiger partial charge in [-0.3, -0.25) is 4.79 Å². The van der Waals surface area contributed by atoms with Crippen LogP contribution in [0.3, 0.4) is 0 Å². The Morgan fingerprint density at radius 1 is 0.966 bits per heavy atom. The summed E-state index contributed by atoms with van der Waals surface area (Å²) in [6.07, 6.45) is 3.28. The predicted octanol–water partition coefficient (Wildman–Crippen LogP) is 6.12. The summed E-state index contributed by atoms with van der Waals surface area (Å²) in [6.45, 7) is 1.68. The molecule has 0 radical (unpaired) electrons. The third kappa shape index (κ3) is 4.27. The lowest BCUT2D eigenvalue weighted by molar-refractivity contribution is 0.0997. The Balaban J connectivity index is 1.47. The maximum atomic E-state index is 14.5. The molecule has 0 saturated carbocycles. The van der Waals surface area contributed by atoms with Crippen molar-refractivity contribution in [3.8, 4) is 11.3 Å². The fraction of sp³-hybridized carbons (Fsp3) is 0.227. The van der Waals surface area contributed by atoms with Crippen LogP contribution in [-0.2, 0) is 0 Å². The van der Waals surface area contributed by atoms with E-state index >= 15 is 0 Å². The molecule has 4 rings (SSSR count). The Hall–Kier alpha value is -2.86. The van der Waals surface area contributed by atoms with E-state index < -0.39 is 11.7 Å². The van der Waals surface area contributed by atoms with Crippen LogP contribution in [0.4, 0.5) is 20.2 Å². The second-order valence-electron chi connectivity index (χ2n) is 6.96. The van der Waals surface area contributed by atoms with Gasteiger partial charge in [0.2, 0.25) is 0 Å². The molecule has 150 valence electrons. The summed E-state index contributed by atoms with van der Waals surface area (Å²) in [5.74, 6) is -0.972. The summed E-state index contributed by atoms with van der Waals surface area (Å²) in [5, 5.41) is 2.60. The lowest BCUT2D eigenvalue weighted by atomic mass is 10.1. The summed E-state index contributed by atoms with van der Waals surface area (Å²) in [4.78, 5) is 14.5. The summed E-state index contributed by atoms with van der Waals surface area (Å²) in [5.41, 5.74) is 1.44. The van der Waals surface area contributed by atoms with E-state index in [1.54, 1.807) is 18.2 Å². The Labute approximate surface area is 172 Å². The minimum atomic E-state index is -0.532. The fourth-order valence-corrected chi connectivity index (χ4v) is 3.61. The quantitative estimate of drug-likeness (QED) is 0.557. The summed E-state index contributed by atoms with van der Waals surface area (Å²) in [6, 6.07) is 11.9. The van der Waals surface area contributed by atoms with Crippen LogP contribution in [0.5, 0.6) is 0 Å². The van der Waals surface area contributed by atoms with Crippen molar-refractivity contribution < 1.29 is 18.0 Å². The first-order valence-electron chi connectivity index (χ1n) is 9.42. The summed E-state index contributed by atoms with van der Waals surface area (Å²) >= 11 is 5.79. The zero-order chi connectivity index (χ0) is 20.4. The second-order valence-corrected chi connectivity index (χ2v) is 7.37. The van der Waals surface area contributed by atoms with Gasteiger partial charge in [-0.15, -0.1) is 0 Å². The molecule has 1 aliphatic rings. The number of carbonyl (C=O) groups excluding carboxylic acids is 1. The molecule has 2 aromatic carbocycles. The molecule has 1 amide bonds. The van der Waals surface area contributed by atoms with Crippen LogP contribution in [0, 0.1) is 11.6 Å². The highest BCUT2D eigenvalue weighted by Crippen LogP contribution is 2.28. The number of halogens is 3. The molecular formula is C22H19ClF2N2O2. The van der Waals surface area contributed by atoms with Crippen molar-refractivity contribution in [3.05, 3.63) is 70.9 Å². The number of hydrogen-bond donors (Lipinski definition) is 1. The Bertz CT molecular complexity index is 1050. The van der Waals surface area contributed by atoms with Gasteiger partial charge in [0.1, 0.15) is 17.4 Å². The van der Waals surface area contributed by atoms with Gasteiger partial charge in [0.05, 0.1) is 10.7 Å². The van der Waals surface area contributed by atoms with E-state index in [0.717, 1.165) is 25.9 Å². The highest BCUT2D eigenvalue weighted by molar-refractivity contribution is 6.31. The monoisotopic (exact) mass is 416 g/mol. The Kier molecular flexibility index (Phi) is 5.53. The lowest BCUT2D eigenvalue weighted by Gasteiger charge is -2.29. The average Bonchev–Trinajstić information content (AvgIpc) is 3.21. The number of amides is 1. The fourth-order valence-electron chi connectivity index (χ4n) is 3.43. The Morgan fingerprint density at radius 3 is 2.48 bits per heavy atom. The first-order chi connectivity index (χ1) is 14.0.